The van der Waals surface area contributed by atoms with Gasteiger partial charge in [-0.25, -0.2) is 0 Å². The van der Waals surface area contributed by atoms with Crippen molar-refractivity contribution in [1.82, 2.24) is 4.98 Å². The van der Waals surface area contributed by atoms with Crippen LogP contribution in [0, 0.1) is 0 Å². The molecule has 1 N–H and O–H groups in total. The van der Waals surface area contributed by atoms with Gasteiger partial charge < -0.3 is 5.11 Å². The smallest absolute Gasteiger partial charge is 0.303 e. The van der Waals surface area contributed by atoms with Gasteiger partial charge in [0.15, 0.2) is 0 Å². The molecule has 0 bridgehead atoms. The van der Waals surface area contributed by atoms with Crippen LogP contribution < -0.4 is 0 Å². The van der Waals surface area contributed by atoms with Crippen LogP contribution in [-0.4, -0.2) is 16.1 Å². The van der Waals surface area contributed by atoms with Crippen LogP contribution in [-0.2, 0) is 17.6 Å². The Morgan fingerprint density at radius 2 is 2.29 bits per heavy atom. The van der Waals surface area contributed by atoms with Crippen molar-refractivity contribution >= 4 is 5.97 Å². The molecule has 3 nitrogen and oxygen atoms in total. The quantitative estimate of drug-likeness (QED) is 0.778. The Kier molecular flexibility index (Phi) is 4.11. The third kappa shape index (κ3) is 3.56. The molecule has 0 atom stereocenters. The predicted octanol–water partition coefficient (Wildman–Crippen LogP) is 2.05. The number of nitrogens with zero attached hydrogens (tertiary/aromatic N) is 1. The summed E-state index contributed by atoms with van der Waals surface area (Å²) >= 11 is 0. The molecule has 0 aromatic carbocycles. The maximum absolute atomic E-state index is 10.3. The van der Waals surface area contributed by atoms with Crippen LogP contribution in [0.4, 0.5) is 0 Å². The standard InChI is InChI=1S/C11H15NO2/c1-2-9-6-7-10(12-8-9)4-3-5-11(13)14/h6-8H,2-5H2,1H3,(H,13,14). The number of carboxylic acids is 1. The normalized spacial score (nSPS) is 10.1. The lowest BCUT2D eigenvalue weighted by Crippen LogP contribution is -1.97. The van der Waals surface area contributed by atoms with Gasteiger partial charge in [0.25, 0.3) is 0 Å². The molecule has 0 saturated heterocycles. The van der Waals surface area contributed by atoms with Crippen LogP contribution >= 0.6 is 0 Å². The molecular weight excluding hydrogens is 178 g/mol. The predicted molar refractivity (Wildman–Crippen MR) is 54.2 cm³/mol. The summed E-state index contributed by atoms with van der Waals surface area (Å²) < 4.78 is 0. The molecule has 0 fully saturated rings. The van der Waals surface area contributed by atoms with Gasteiger partial charge in [-0.2, -0.15) is 0 Å². The van der Waals surface area contributed by atoms with E-state index in [1.807, 2.05) is 18.3 Å². The number of aromatic nitrogens is 1. The average Bonchev–Trinajstić information content (AvgIpc) is 2.18. The van der Waals surface area contributed by atoms with Crippen molar-refractivity contribution in [2.24, 2.45) is 0 Å². The van der Waals surface area contributed by atoms with Crippen molar-refractivity contribution in [2.45, 2.75) is 32.6 Å². The Balaban J connectivity index is 2.40. The first-order chi connectivity index (χ1) is 6.72. The maximum atomic E-state index is 10.3. The zero-order valence-corrected chi connectivity index (χ0v) is 8.36. The first kappa shape index (κ1) is 10.7. The van der Waals surface area contributed by atoms with Crippen LogP contribution in [0.25, 0.3) is 0 Å². The molecule has 0 radical (unpaired) electrons. The molecule has 0 spiro atoms. The summed E-state index contributed by atoms with van der Waals surface area (Å²) in [6, 6.07) is 4.02. The van der Waals surface area contributed by atoms with Gasteiger partial charge in [0.2, 0.25) is 0 Å². The van der Waals surface area contributed by atoms with E-state index in [2.05, 4.69) is 11.9 Å². The number of carbonyl (C=O) groups is 1. The van der Waals surface area contributed by atoms with Gasteiger partial charge in [-0.3, -0.25) is 9.78 Å². The zero-order chi connectivity index (χ0) is 10.4. The number of hydrogen-bond acceptors (Lipinski definition) is 2. The van der Waals surface area contributed by atoms with Crippen LogP contribution in [0.15, 0.2) is 18.3 Å². The summed E-state index contributed by atoms with van der Waals surface area (Å²) in [5.74, 6) is -0.741. The van der Waals surface area contributed by atoms with Gasteiger partial charge in [-0.15, -0.1) is 0 Å². The number of rotatable bonds is 5. The van der Waals surface area contributed by atoms with Gasteiger partial charge in [0.05, 0.1) is 0 Å². The summed E-state index contributed by atoms with van der Waals surface area (Å²) in [7, 11) is 0. The van der Waals surface area contributed by atoms with E-state index in [1.165, 1.54) is 5.56 Å². The lowest BCUT2D eigenvalue weighted by Gasteiger charge is -2.00. The van der Waals surface area contributed by atoms with Crippen molar-refractivity contribution in [2.75, 3.05) is 0 Å². The van der Waals surface area contributed by atoms with E-state index in [0.29, 0.717) is 6.42 Å². The summed E-state index contributed by atoms with van der Waals surface area (Å²) in [6.07, 6.45) is 4.47. The van der Waals surface area contributed by atoms with E-state index in [0.717, 1.165) is 18.5 Å². The third-order valence-corrected chi connectivity index (χ3v) is 2.12. The lowest BCUT2D eigenvalue weighted by molar-refractivity contribution is -0.137. The van der Waals surface area contributed by atoms with Crippen LogP contribution in [0.2, 0.25) is 0 Å². The van der Waals surface area contributed by atoms with Gasteiger partial charge in [-0.1, -0.05) is 13.0 Å². The van der Waals surface area contributed by atoms with Crippen molar-refractivity contribution < 1.29 is 9.90 Å². The second-order valence-electron chi connectivity index (χ2n) is 3.26. The molecular formula is C11H15NO2. The molecule has 0 aliphatic heterocycles. The first-order valence-electron chi connectivity index (χ1n) is 4.88. The van der Waals surface area contributed by atoms with Crippen molar-refractivity contribution in [3.63, 3.8) is 0 Å². The van der Waals surface area contributed by atoms with Gasteiger partial charge in [-0.05, 0) is 30.9 Å². The van der Waals surface area contributed by atoms with E-state index in [9.17, 15) is 4.79 Å². The molecule has 0 saturated carbocycles. The van der Waals surface area contributed by atoms with Crippen LogP contribution in [0.5, 0.6) is 0 Å². The van der Waals surface area contributed by atoms with Crippen molar-refractivity contribution in [3.8, 4) is 0 Å². The number of aliphatic carboxylic acids is 1. The summed E-state index contributed by atoms with van der Waals surface area (Å²) in [6.45, 7) is 2.08. The van der Waals surface area contributed by atoms with E-state index in [4.69, 9.17) is 5.11 Å². The van der Waals surface area contributed by atoms with E-state index in [1.54, 1.807) is 0 Å². The molecule has 76 valence electrons. The Hall–Kier alpha value is -1.38. The molecule has 14 heavy (non-hydrogen) atoms. The summed E-state index contributed by atoms with van der Waals surface area (Å²) in [4.78, 5) is 14.5. The lowest BCUT2D eigenvalue weighted by atomic mass is 10.1. The highest BCUT2D eigenvalue weighted by molar-refractivity contribution is 5.66. The van der Waals surface area contributed by atoms with Crippen LogP contribution in [0.3, 0.4) is 0 Å². The molecule has 0 aliphatic carbocycles. The topological polar surface area (TPSA) is 50.2 Å². The molecule has 0 aliphatic rings. The largest absolute Gasteiger partial charge is 0.481 e. The molecule has 0 unspecified atom stereocenters. The van der Waals surface area contributed by atoms with Crippen molar-refractivity contribution in [3.05, 3.63) is 29.6 Å². The second kappa shape index (κ2) is 5.37. The second-order valence-corrected chi connectivity index (χ2v) is 3.26. The Labute approximate surface area is 83.8 Å². The number of carboxylic acid groups (broad SMARTS) is 1. The first-order valence-corrected chi connectivity index (χ1v) is 4.88. The molecule has 1 aromatic rings. The van der Waals surface area contributed by atoms with Gasteiger partial charge in [0, 0.05) is 18.3 Å². The molecule has 1 heterocycles. The highest BCUT2D eigenvalue weighted by atomic mass is 16.4. The minimum absolute atomic E-state index is 0.219. The van der Waals surface area contributed by atoms with E-state index < -0.39 is 5.97 Å². The zero-order valence-electron chi connectivity index (χ0n) is 8.36. The Morgan fingerprint density at radius 3 is 2.79 bits per heavy atom. The van der Waals surface area contributed by atoms with Crippen molar-refractivity contribution in [1.29, 1.82) is 0 Å². The fourth-order valence-electron chi connectivity index (χ4n) is 1.23. The van der Waals surface area contributed by atoms with Gasteiger partial charge in [0.1, 0.15) is 0 Å². The number of pyridine rings is 1. The highest BCUT2D eigenvalue weighted by Crippen LogP contribution is 2.04. The SMILES string of the molecule is CCc1ccc(CCCC(=O)O)nc1. The minimum atomic E-state index is -0.741. The fraction of sp³-hybridized carbons (Fsp3) is 0.455. The average molecular weight is 193 g/mol. The maximum Gasteiger partial charge on any atom is 0.303 e. The molecule has 0 amide bonds. The van der Waals surface area contributed by atoms with E-state index >= 15 is 0 Å². The molecule has 3 heteroatoms. The van der Waals surface area contributed by atoms with E-state index in [-0.39, 0.29) is 6.42 Å². The highest BCUT2D eigenvalue weighted by Gasteiger charge is 1.99. The van der Waals surface area contributed by atoms with Crippen LogP contribution in [0.1, 0.15) is 31.0 Å². The number of hydrogen-bond donors (Lipinski definition) is 1. The third-order valence-electron chi connectivity index (χ3n) is 2.12. The van der Waals surface area contributed by atoms with Gasteiger partial charge >= 0.3 is 5.97 Å². The molecule has 1 aromatic heterocycles. The summed E-state index contributed by atoms with van der Waals surface area (Å²) in [5.41, 5.74) is 2.19. The monoisotopic (exact) mass is 193 g/mol. The number of aryl methyl sites for hydroxylation is 2. The minimum Gasteiger partial charge on any atom is -0.481 e. The fourth-order valence-corrected chi connectivity index (χ4v) is 1.23. The Morgan fingerprint density at radius 1 is 1.50 bits per heavy atom. The Bertz CT molecular complexity index is 293. The molecule has 1 rings (SSSR count). The summed E-state index contributed by atoms with van der Waals surface area (Å²) in [5, 5.41) is 8.45.